The highest BCUT2D eigenvalue weighted by Gasteiger charge is 2.30. The van der Waals surface area contributed by atoms with Crippen LogP contribution in [0.4, 0.5) is 4.39 Å². The molecule has 0 fully saturated rings. The molecule has 0 spiro atoms. The Kier molecular flexibility index (Phi) is 3.43. The predicted octanol–water partition coefficient (Wildman–Crippen LogP) is 3.18. The maximum Gasteiger partial charge on any atom is 0.123 e. The summed E-state index contributed by atoms with van der Waals surface area (Å²) in [4.78, 5) is 4.09. The van der Waals surface area contributed by atoms with E-state index in [-0.39, 0.29) is 5.82 Å². The van der Waals surface area contributed by atoms with E-state index in [1.54, 1.807) is 24.5 Å². The van der Waals surface area contributed by atoms with E-state index in [2.05, 4.69) is 4.98 Å². The molecule has 2 nitrogen and oxygen atoms in total. The molecule has 1 heterocycles. The van der Waals surface area contributed by atoms with Crippen molar-refractivity contribution < 1.29 is 9.50 Å². The third kappa shape index (κ3) is 2.27. The average Bonchev–Trinajstić information content (AvgIpc) is 2.38. The van der Waals surface area contributed by atoms with Gasteiger partial charge in [0, 0.05) is 18.0 Å². The molecule has 2 aromatic rings. The smallest absolute Gasteiger partial charge is 0.123 e. The van der Waals surface area contributed by atoms with Gasteiger partial charge in [0.05, 0.1) is 0 Å². The van der Waals surface area contributed by atoms with E-state index < -0.39 is 5.60 Å². The Morgan fingerprint density at radius 1 is 1.22 bits per heavy atom. The van der Waals surface area contributed by atoms with Gasteiger partial charge in [-0.2, -0.15) is 0 Å². The highest BCUT2D eigenvalue weighted by molar-refractivity contribution is 5.36. The Morgan fingerprint density at radius 3 is 2.61 bits per heavy atom. The summed E-state index contributed by atoms with van der Waals surface area (Å²) in [5.41, 5.74) is 1.02. The Bertz CT molecular complexity index is 508. The van der Waals surface area contributed by atoms with Crippen molar-refractivity contribution >= 4 is 0 Å². The first kappa shape index (κ1) is 12.7. The van der Waals surface area contributed by atoms with Crippen LogP contribution < -0.4 is 0 Å². The van der Waals surface area contributed by atoms with E-state index in [4.69, 9.17) is 0 Å². The molecule has 3 heteroatoms. The fraction of sp³-hybridized carbons (Fsp3) is 0.267. The Morgan fingerprint density at radius 2 is 2.00 bits per heavy atom. The second-order valence-corrected chi connectivity index (χ2v) is 4.48. The maximum atomic E-state index is 13.3. The molecule has 0 amide bonds. The van der Waals surface area contributed by atoms with Crippen LogP contribution in [0.25, 0.3) is 0 Å². The fourth-order valence-electron chi connectivity index (χ4n) is 2.10. The lowest BCUT2D eigenvalue weighted by Crippen LogP contribution is -2.26. The highest BCUT2D eigenvalue weighted by atomic mass is 19.1. The lowest BCUT2D eigenvalue weighted by atomic mass is 9.84. The van der Waals surface area contributed by atoms with Gasteiger partial charge in [0.1, 0.15) is 11.4 Å². The number of halogens is 1. The van der Waals surface area contributed by atoms with Crippen molar-refractivity contribution in [2.45, 2.75) is 25.9 Å². The number of hydrogen-bond acceptors (Lipinski definition) is 2. The zero-order chi connectivity index (χ0) is 13.2. The van der Waals surface area contributed by atoms with Crippen molar-refractivity contribution in [2.75, 3.05) is 0 Å². The summed E-state index contributed by atoms with van der Waals surface area (Å²) >= 11 is 0. The third-order valence-electron chi connectivity index (χ3n) is 3.17. The Hall–Kier alpha value is -1.74. The van der Waals surface area contributed by atoms with Crippen LogP contribution in [0.15, 0.2) is 42.7 Å². The molecule has 1 unspecified atom stereocenters. The van der Waals surface area contributed by atoms with E-state index in [0.29, 0.717) is 17.5 Å². The number of aryl methyl sites for hydroxylation is 1. The van der Waals surface area contributed by atoms with Crippen molar-refractivity contribution in [1.29, 1.82) is 0 Å². The number of nitrogens with zero attached hydrogens (tertiary/aromatic N) is 1. The zero-order valence-corrected chi connectivity index (χ0v) is 10.5. The number of rotatable bonds is 3. The minimum Gasteiger partial charge on any atom is -0.380 e. The molecule has 1 N–H and O–H groups in total. The molecular formula is C15H16FNO. The lowest BCUT2D eigenvalue weighted by molar-refractivity contribution is 0.0757. The fourth-order valence-corrected chi connectivity index (χ4v) is 2.10. The van der Waals surface area contributed by atoms with Crippen molar-refractivity contribution in [3.8, 4) is 0 Å². The first-order valence-corrected chi connectivity index (χ1v) is 5.97. The SMILES string of the molecule is CCC(O)(c1cncc(C)c1)c1cccc(F)c1. The number of hydrogen-bond donors (Lipinski definition) is 1. The van der Waals surface area contributed by atoms with Crippen LogP contribution in [0.5, 0.6) is 0 Å². The van der Waals surface area contributed by atoms with Gasteiger partial charge in [0.25, 0.3) is 0 Å². The van der Waals surface area contributed by atoms with Gasteiger partial charge in [-0.25, -0.2) is 4.39 Å². The summed E-state index contributed by atoms with van der Waals surface area (Å²) in [5.74, 6) is -0.347. The molecule has 0 radical (unpaired) electrons. The molecule has 0 aliphatic carbocycles. The van der Waals surface area contributed by atoms with E-state index in [0.717, 1.165) is 5.56 Å². The van der Waals surface area contributed by atoms with Crippen molar-refractivity contribution in [3.05, 3.63) is 65.2 Å². The largest absolute Gasteiger partial charge is 0.380 e. The number of aliphatic hydroxyl groups is 1. The molecule has 0 saturated carbocycles. The third-order valence-corrected chi connectivity index (χ3v) is 3.17. The summed E-state index contributed by atoms with van der Waals surface area (Å²) in [6.45, 7) is 3.78. The monoisotopic (exact) mass is 245 g/mol. The molecule has 0 bridgehead atoms. The second kappa shape index (κ2) is 4.86. The lowest BCUT2D eigenvalue weighted by Gasteiger charge is -2.28. The van der Waals surface area contributed by atoms with Crippen LogP contribution in [0.3, 0.4) is 0 Å². The molecule has 1 aromatic heterocycles. The molecule has 0 aliphatic heterocycles. The number of pyridine rings is 1. The topological polar surface area (TPSA) is 33.1 Å². The van der Waals surface area contributed by atoms with Crippen LogP contribution in [0.1, 0.15) is 30.0 Å². The number of aromatic nitrogens is 1. The van der Waals surface area contributed by atoms with Crippen LogP contribution >= 0.6 is 0 Å². The first-order valence-electron chi connectivity index (χ1n) is 5.97. The quantitative estimate of drug-likeness (QED) is 0.901. The van der Waals surface area contributed by atoms with Crippen molar-refractivity contribution in [1.82, 2.24) is 4.98 Å². The molecule has 1 atom stereocenters. The van der Waals surface area contributed by atoms with Gasteiger partial charge in [0.15, 0.2) is 0 Å². The zero-order valence-electron chi connectivity index (χ0n) is 10.5. The van der Waals surface area contributed by atoms with Gasteiger partial charge in [-0.05, 0) is 42.7 Å². The molecule has 1 aromatic carbocycles. The van der Waals surface area contributed by atoms with Gasteiger partial charge in [-0.15, -0.1) is 0 Å². The van der Waals surface area contributed by atoms with E-state index in [1.165, 1.54) is 12.1 Å². The Balaban J connectivity index is 2.54. The van der Waals surface area contributed by atoms with Crippen molar-refractivity contribution in [2.24, 2.45) is 0 Å². The van der Waals surface area contributed by atoms with Crippen LogP contribution in [-0.4, -0.2) is 10.1 Å². The number of benzene rings is 1. The Labute approximate surface area is 106 Å². The summed E-state index contributed by atoms with van der Waals surface area (Å²) in [6.07, 6.45) is 3.81. The first-order chi connectivity index (χ1) is 8.56. The van der Waals surface area contributed by atoms with Gasteiger partial charge in [0.2, 0.25) is 0 Å². The van der Waals surface area contributed by atoms with Gasteiger partial charge < -0.3 is 5.11 Å². The van der Waals surface area contributed by atoms with E-state index in [9.17, 15) is 9.50 Å². The molecular weight excluding hydrogens is 229 g/mol. The average molecular weight is 245 g/mol. The molecule has 0 saturated heterocycles. The normalized spacial score (nSPS) is 14.2. The van der Waals surface area contributed by atoms with E-state index in [1.807, 2.05) is 19.9 Å². The summed E-state index contributed by atoms with van der Waals surface area (Å²) in [6, 6.07) is 7.95. The summed E-state index contributed by atoms with van der Waals surface area (Å²) in [5, 5.41) is 10.8. The maximum absolute atomic E-state index is 13.3. The molecule has 2 rings (SSSR count). The predicted molar refractivity (Wildman–Crippen MR) is 68.7 cm³/mol. The van der Waals surface area contributed by atoms with Crippen molar-refractivity contribution in [3.63, 3.8) is 0 Å². The second-order valence-electron chi connectivity index (χ2n) is 4.48. The van der Waals surface area contributed by atoms with Gasteiger partial charge >= 0.3 is 0 Å². The minimum absolute atomic E-state index is 0.347. The van der Waals surface area contributed by atoms with E-state index >= 15 is 0 Å². The van der Waals surface area contributed by atoms with Crippen LogP contribution in [0.2, 0.25) is 0 Å². The summed E-state index contributed by atoms with van der Waals surface area (Å²) < 4.78 is 13.3. The minimum atomic E-state index is -1.19. The van der Waals surface area contributed by atoms with Gasteiger partial charge in [-0.1, -0.05) is 19.1 Å². The molecule has 0 aliphatic rings. The highest BCUT2D eigenvalue weighted by Crippen LogP contribution is 2.32. The van der Waals surface area contributed by atoms with Gasteiger partial charge in [-0.3, -0.25) is 4.98 Å². The standard InChI is InChI=1S/C15H16FNO/c1-3-15(18,12-5-4-6-14(16)8-12)13-7-11(2)9-17-10-13/h4-10,18H,3H2,1-2H3. The summed E-state index contributed by atoms with van der Waals surface area (Å²) in [7, 11) is 0. The van der Waals surface area contributed by atoms with Crippen LogP contribution in [0, 0.1) is 12.7 Å². The molecule has 94 valence electrons. The van der Waals surface area contributed by atoms with Crippen LogP contribution in [-0.2, 0) is 5.60 Å². The molecule has 18 heavy (non-hydrogen) atoms.